The van der Waals surface area contributed by atoms with Crippen LogP contribution in [-0.2, 0) is 0 Å². The lowest BCUT2D eigenvalue weighted by molar-refractivity contribution is -0.180. The third-order valence-corrected chi connectivity index (χ3v) is 2.40. The van der Waals surface area contributed by atoms with Crippen LogP contribution in [0.2, 0.25) is 0 Å². The molecule has 0 N–H and O–H groups in total. The molecule has 1 aliphatic rings. The molecule has 0 aliphatic carbocycles. The van der Waals surface area contributed by atoms with E-state index in [9.17, 15) is 13.2 Å². The minimum Gasteiger partial charge on any atom is -0.295 e. The normalized spacial score (nSPS) is 28.5. The van der Waals surface area contributed by atoms with Crippen molar-refractivity contribution in [3.63, 3.8) is 0 Å². The van der Waals surface area contributed by atoms with Crippen LogP contribution in [0.5, 0.6) is 0 Å². The minimum atomic E-state index is -4.04. The van der Waals surface area contributed by atoms with Crippen LogP contribution < -0.4 is 0 Å². The second kappa shape index (κ2) is 3.64. The van der Waals surface area contributed by atoms with Gasteiger partial charge in [0.25, 0.3) is 0 Å². The molecule has 0 unspecified atom stereocenters. The van der Waals surface area contributed by atoms with Crippen LogP contribution in [0.4, 0.5) is 13.2 Å². The van der Waals surface area contributed by atoms with E-state index < -0.39 is 12.2 Å². The van der Waals surface area contributed by atoms with Gasteiger partial charge in [-0.25, -0.2) is 0 Å². The average molecular weight is 181 g/mol. The topological polar surface area (TPSA) is 3.24 Å². The molecule has 1 atom stereocenters. The van der Waals surface area contributed by atoms with E-state index in [1.165, 1.54) is 4.90 Å². The lowest BCUT2D eigenvalue weighted by Gasteiger charge is -2.27. The third-order valence-electron chi connectivity index (χ3n) is 2.40. The van der Waals surface area contributed by atoms with Crippen molar-refractivity contribution >= 4 is 0 Å². The molecule has 1 nitrogen and oxygen atoms in total. The van der Waals surface area contributed by atoms with Crippen LogP contribution in [0.25, 0.3) is 0 Å². The highest BCUT2D eigenvalue weighted by Crippen LogP contribution is 2.29. The Balaban J connectivity index is 2.59. The zero-order valence-corrected chi connectivity index (χ0v) is 7.19. The second-order valence-corrected chi connectivity index (χ2v) is 3.39. The summed E-state index contributed by atoms with van der Waals surface area (Å²) in [6.07, 6.45) is -1.26. The van der Waals surface area contributed by atoms with Gasteiger partial charge in [0.1, 0.15) is 6.04 Å². The fourth-order valence-corrected chi connectivity index (χ4v) is 1.67. The van der Waals surface area contributed by atoms with Gasteiger partial charge in [-0.2, -0.15) is 13.2 Å². The van der Waals surface area contributed by atoms with E-state index in [-0.39, 0.29) is 6.42 Å². The Morgan fingerprint density at radius 1 is 1.17 bits per heavy atom. The van der Waals surface area contributed by atoms with Gasteiger partial charge in [0.15, 0.2) is 0 Å². The molecule has 72 valence electrons. The van der Waals surface area contributed by atoms with Crippen LogP contribution in [-0.4, -0.2) is 30.7 Å². The molecule has 1 fully saturated rings. The van der Waals surface area contributed by atoms with Crippen molar-refractivity contribution in [3.05, 3.63) is 0 Å². The molecule has 0 spiro atoms. The first-order chi connectivity index (χ1) is 5.52. The van der Waals surface area contributed by atoms with Gasteiger partial charge in [-0.05, 0) is 26.4 Å². The fourth-order valence-electron chi connectivity index (χ4n) is 1.67. The van der Waals surface area contributed by atoms with Crippen LogP contribution >= 0.6 is 0 Å². The summed E-state index contributed by atoms with van der Waals surface area (Å²) in [6.45, 7) is 0.574. The lowest BCUT2D eigenvalue weighted by Crippen LogP contribution is -2.42. The highest BCUT2D eigenvalue weighted by atomic mass is 19.4. The molecular formula is C8H14F3N. The SMILES string of the molecule is CN1CCCCC[C@H]1C(F)(F)F. The van der Waals surface area contributed by atoms with Crippen LogP contribution in [0.15, 0.2) is 0 Å². The Labute approximate surface area is 70.5 Å². The summed E-state index contributed by atoms with van der Waals surface area (Å²) in [7, 11) is 1.56. The summed E-state index contributed by atoms with van der Waals surface area (Å²) in [5.41, 5.74) is 0. The van der Waals surface area contributed by atoms with E-state index in [0.29, 0.717) is 13.0 Å². The van der Waals surface area contributed by atoms with Crippen LogP contribution in [0.3, 0.4) is 0 Å². The molecular weight excluding hydrogens is 167 g/mol. The average Bonchev–Trinajstić information content (AvgIpc) is 2.11. The molecule has 0 saturated carbocycles. The van der Waals surface area contributed by atoms with E-state index >= 15 is 0 Å². The molecule has 1 heterocycles. The van der Waals surface area contributed by atoms with Gasteiger partial charge in [0.05, 0.1) is 0 Å². The predicted octanol–water partition coefficient (Wildman–Crippen LogP) is 2.42. The van der Waals surface area contributed by atoms with E-state index in [1.807, 2.05) is 0 Å². The first-order valence-corrected chi connectivity index (χ1v) is 4.29. The van der Waals surface area contributed by atoms with Gasteiger partial charge in [-0.3, -0.25) is 4.90 Å². The van der Waals surface area contributed by atoms with Crippen molar-refractivity contribution in [2.75, 3.05) is 13.6 Å². The van der Waals surface area contributed by atoms with Gasteiger partial charge in [-0.15, -0.1) is 0 Å². The first-order valence-electron chi connectivity index (χ1n) is 4.29. The molecule has 12 heavy (non-hydrogen) atoms. The van der Waals surface area contributed by atoms with Gasteiger partial charge in [0, 0.05) is 0 Å². The summed E-state index contributed by atoms with van der Waals surface area (Å²) < 4.78 is 37.0. The number of rotatable bonds is 0. The maximum absolute atomic E-state index is 12.3. The molecule has 1 saturated heterocycles. The molecule has 1 aliphatic heterocycles. The smallest absolute Gasteiger partial charge is 0.295 e. The number of halogens is 3. The predicted molar refractivity (Wildman–Crippen MR) is 40.9 cm³/mol. The minimum absolute atomic E-state index is 0.264. The van der Waals surface area contributed by atoms with Crippen molar-refractivity contribution in [1.82, 2.24) is 4.90 Å². The van der Waals surface area contributed by atoms with Gasteiger partial charge in [-0.1, -0.05) is 12.8 Å². The summed E-state index contributed by atoms with van der Waals surface area (Å²) >= 11 is 0. The third kappa shape index (κ3) is 2.37. The largest absolute Gasteiger partial charge is 0.404 e. The molecule has 0 aromatic heterocycles. The number of likely N-dealkylation sites (tertiary alicyclic amines) is 1. The summed E-state index contributed by atoms with van der Waals surface area (Å²) in [5, 5.41) is 0. The van der Waals surface area contributed by atoms with Crippen LogP contribution in [0.1, 0.15) is 25.7 Å². The molecule has 1 rings (SSSR count). The first kappa shape index (κ1) is 9.84. The Kier molecular flexibility index (Phi) is 2.99. The molecule has 0 radical (unpaired) electrons. The zero-order chi connectivity index (χ0) is 9.19. The van der Waals surface area contributed by atoms with Crippen molar-refractivity contribution in [3.8, 4) is 0 Å². The summed E-state index contributed by atoms with van der Waals surface area (Å²) in [6, 6.07) is -1.21. The molecule has 0 bridgehead atoms. The quantitative estimate of drug-likeness (QED) is 0.554. The standard InChI is InChI=1S/C8H14F3N/c1-12-6-4-2-3-5-7(12)8(9,10)11/h7H,2-6H2,1H3/t7-/m0/s1. The Bertz CT molecular complexity index is 144. The van der Waals surface area contributed by atoms with E-state index in [0.717, 1.165) is 12.8 Å². The summed E-state index contributed by atoms with van der Waals surface area (Å²) in [5.74, 6) is 0. The lowest BCUT2D eigenvalue weighted by atomic mass is 10.1. The van der Waals surface area contributed by atoms with Crippen molar-refractivity contribution in [2.45, 2.75) is 37.9 Å². The molecule has 0 amide bonds. The fraction of sp³-hybridized carbons (Fsp3) is 1.00. The Morgan fingerprint density at radius 2 is 1.83 bits per heavy atom. The molecule has 0 aromatic carbocycles. The monoisotopic (exact) mass is 181 g/mol. The van der Waals surface area contributed by atoms with Crippen LogP contribution in [0, 0.1) is 0 Å². The zero-order valence-electron chi connectivity index (χ0n) is 7.19. The number of hydrogen-bond acceptors (Lipinski definition) is 1. The second-order valence-electron chi connectivity index (χ2n) is 3.39. The van der Waals surface area contributed by atoms with E-state index in [4.69, 9.17) is 0 Å². The van der Waals surface area contributed by atoms with Crippen molar-refractivity contribution < 1.29 is 13.2 Å². The van der Waals surface area contributed by atoms with Gasteiger partial charge < -0.3 is 0 Å². The number of hydrogen-bond donors (Lipinski definition) is 0. The highest BCUT2D eigenvalue weighted by Gasteiger charge is 2.42. The molecule has 0 aromatic rings. The Morgan fingerprint density at radius 3 is 2.42 bits per heavy atom. The Hall–Kier alpha value is -0.250. The van der Waals surface area contributed by atoms with Gasteiger partial charge in [0.2, 0.25) is 0 Å². The van der Waals surface area contributed by atoms with Crippen molar-refractivity contribution in [1.29, 1.82) is 0 Å². The summed E-state index contributed by atoms with van der Waals surface area (Å²) in [4.78, 5) is 1.42. The van der Waals surface area contributed by atoms with E-state index in [2.05, 4.69) is 0 Å². The number of nitrogens with zero attached hydrogens (tertiary/aromatic N) is 1. The van der Waals surface area contributed by atoms with Crippen molar-refractivity contribution in [2.24, 2.45) is 0 Å². The maximum Gasteiger partial charge on any atom is 0.404 e. The molecule has 4 heteroatoms. The van der Waals surface area contributed by atoms with Gasteiger partial charge >= 0.3 is 6.18 Å². The van der Waals surface area contributed by atoms with E-state index in [1.54, 1.807) is 7.05 Å². The number of alkyl halides is 3. The maximum atomic E-state index is 12.3. The highest BCUT2D eigenvalue weighted by molar-refractivity contribution is 4.78.